The first kappa shape index (κ1) is 20.7. The third-order valence-electron chi connectivity index (χ3n) is 4.80. The number of pyridine rings is 1. The molecular weight excluding hydrogens is 373 g/mol. The van der Waals surface area contributed by atoms with Gasteiger partial charge >= 0.3 is 0 Å². The highest BCUT2D eigenvalue weighted by molar-refractivity contribution is 5.76. The van der Waals surface area contributed by atoms with E-state index in [1.807, 2.05) is 0 Å². The van der Waals surface area contributed by atoms with Gasteiger partial charge in [0.05, 0.1) is 11.4 Å². The van der Waals surface area contributed by atoms with E-state index in [2.05, 4.69) is 25.6 Å². The fourth-order valence-corrected chi connectivity index (χ4v) is 3.32. The average molecular weight is 399 g/mol. The highest BCUT2D eigenvalue weighted by atomic mass is 19.1. The van der Waals surface area contributed by atoms with Gasteiger partial charge < -0.3 is 27.2 Å². The van der Waals surface area contributed by atoms with Crippen molar-refractivity contribution < 1.29 is 9.50 Å². The molecule has 0 saturated carbocycles. The molecule has 3 heterocycles. The van der Waals surface area contributed by atoms with E-state index in [1.165, 1.54) is 12.1 Å². The molecule has 0 atom stereocenters. The van der Waals surface area contributed by atoms with Crippen LogP contribution in [0.4, 0.5) is 10.3 Å². The Hall–Kier alpha value is -3.04. The molecule has 1 aliphatic heterocycles. The molecule has 0 aliphatic carbocycles. The largest absolute Gasteiger partial charge is 0.506 e. The number of allylic oxidation sites excluding steroid dienone is 2. The van der Waals surface area contributed by atoms with Crippen LogP contribution in [-0.2, 0) is 0 Å². The van der Waals surface area contributed by atoms with Gasteiger partial charge in [0.25, 0.3) is 0 Å². The number of nitrogens with two attached hydrogens (primary N) is 2. The molecule has 1 fully saturated rings. The first-order valence-corrected chi connectivity index (χ1v) is 9.52. The zero-order valence-electron chi connectivity index (χ0n) is 16.3. The highest BCUT2D eigenvalue weighted by Gasteiger charge is 2.20. The lowest BCUT2D eigenvalue weighted by Crippen LogP contribution is -2.27. The van der Waals surface area contributed by atoms with Crippen molar-refractivity contribution in [2.24, 2.45) is 5.73 Å². The Morgan fingerprint density at radius 2 is 2.07 bits per heavy atom. The number of nitrogen functional groups attached to an aromatic ring is 1. The Labute approximate surface area is 169 Å². The van der Waals surface area contributed by atoms with E-state index in [4.69, 9.17) is 11.5 Å². The lowest BCUT2D eigenvalue weighted by atomic mass is 9.94. The SMILES string of the molecule is CN/C=C\C(=C(\F)CN)c1ccc(O)c(-c2cc(C3CCNCC3)nc(N)n2)n1. The molecule has 2 aromatic heterocycles. The van der Waals surface area contributed by atoms with E-state index in [9.17, 15) is 9.50 Å². The van der Waals surface area contributed by atoms with Crippen molar-refractivity contribution in [3.05, 3.63) is 47.7 Å². The number of aromatic nitrogens is 3. The van der Waals surface area contributed by atoms with E-state index in [1.54, 1.807) is 25.4 Å². The molecule has 0 bridgehead atoms. The van der Waals surface area contributed by atoms with Crippen LogP contribution < -0.4 is 22.1 Å². The highest BCUT2D eigenvalue weighted by Crippen LogP contribution is 2.32. The normalized spacial score (nSPS) is 16.1. The number of aromatic hydroxyl groups is 1. The standard InChI is InChI=1S/C20H26FN7O/c1-24-7-6-13(14(21)11-22)15-2-3-18(29)19(26-15)17-10-16(27-20(23)28-17)12-4-8-25-9-5-12/h2-3,6-7,10,12,24-25,29H,4-5,8-9,11,22H2,1H3,(H2,23,27,28)/b7-6-,14-13-. The van der Waals surface area contributed by atoms with Crippen molar-refractivity contribution in [1.82, 2.24) is 25.6 Å². The van der Waals surface area contributed by atoms with Crippen LogP contribution in [0.25, 0.3) is 17.0 Å². The first-order chi connectivity index (χ1) is 14.0. The average Bonchev–Trinajstić information content (AvgIpc) is 2.74. The summed E-state index contributed by atoms with van der Waals surface area (Å²) in [5, 5.41) is 16.5. The Kier molecular flexibility index (Phi) is 6.73. The molecule has 0 amide bonds. The summed E-state index contributed by atoms with van der Waals surface area (Å²) in [4.78, 5) is 13.1. The fraction of sp³-hybridized carbons (Fsp3) is 0.350. The number of nitrogens with zero attached hydrogens (tertiary/aromatic N) is 3. The molecule has 2 aromatic rings. The minimum absolute atomic E-state index is 0.0757. The molecule has 0 spiro atoms. The molecule has 154 valence electrons. The van der Waals surface area contributed by atoms with Gasteiger partial charge in [-0.15, -0.1) is 0 Å². The first-order valence-electron chi connectivity index (χ1n) is 9.52. The summed E-state index contributed by atoms with van der Waals surface area (Å²) in [6.45, 7) is 1.56. The van der Waals surface area contributed by atoms with Crippen molar-refractivity contribution in [3.63, 3.8) is 0 Å². The minimum Gasteiger partial charge on any atom is -0.506 e. The molecule has 7 N–H and O–H groups in total. The van der Waals surface area contributed by atoms with E-state index in [0.717, 1.165) is 31.6 Å². The maximum Gasteiger partial charge on any atom is 0.220 e. The van der Waals surface area contributed by atoms with Crippen LogP contribution in [0, 0.1) is 0 Å². The molecule has 29 heavy (non-hydrogen) atoms. The molecule has 1 saturated heterocycles. The number of anilines is 1. The summed E-state index contributed by atoms with van der Waals surface area (Å²) >= 11 is 0. The minimum atomic E-state index is -0.516. The van der Waals surface area contributed by atoms with Gasteiger partial charge in [-0.3, -0.25) is 0 Å². The van der Waals surface area contributed by atoms with Crippen LogP contribution in [0.15, 0.2) is 36.3 Å². The predicted octanol–water partition coefficient (Wildman–Crippen LogP) is 1.67. The Balaban J connectivity index is 2.06. The topological polar surface area (TPSA) is 135 Å². The van der Waals surface area contributed by atoms with Gasteiger partial charge in [-0.1, -0.05) is 0 Å². The third-order valence-corrected chi connectivity index (χ3v) is 4.80. The van der Waals surface area contributed by atoms with Gasteiger partial charge in [-0.05, 0) is 56.4 Å². The van der Waals surface area contributed by atoms with Gasteiger partial charge in [0, 0.05) is 30.8 Å². The molecule has 3 rings (SSSR count). The van der Waals surface area contributed by atoms with Crippen LogP contribution >= 0.6 is 0 Å². The second-order valence-electron chi connectivity index (χ2n) is 6.77. The maximum atomic E-state index is 14.3. The fourth-order valence-electron chi connectivity index (χ4n) is 3.32. The molecule has 1 aliphatic rings. The number of hydrogen-bond acceptors (Lipinski definition) is 8. The summed E-state index contributed by atoms with van der Waals surface area (Å²) in [5.74, 6) is -0.220. The van der Waals surface area contributed by atoms with Gasteiger partial charge in [-0.25, -0.2) is 19.3 Å². The summed E-state index contributed by atoms with van der Waals surface area (Å²) < 4.78 is 14.3. The van der Waals surface area contributed by atoms with Crippen molar-refractivity contribution >= 4 is 11.5 Å². The van der Waals surface area contributed by atoms with Crippen LogP contribution in [0.5, 0.6) is 5.75 Å². The number of rotatable bonds is 6. The molecule has 9 heteroatoms. The van der Waals surface area contributed by atoms with Crippen LogP contribution in [0.2, 0.25) is 0 Å². The Bertz CT molecular complexity index is 923. The second-order valence-corrected chi connectivity index (χ2v) is 6.77. The Morgan fingerprint density at radius 1 is 1.31 bits per heavy atom. The van der Waals surface area contributed by atoms with E-state index >= 15 is 0 Å². The Morgan fingerprint density at radius 3 is 2.76 bits per heavy atom. The van der Waals surface area contributed by atoms with Gasteiger partial charge in [0.1, 0.15) is 17.3 Å². The third kappa shape index (κ3) is 4.87. The van der Waals surface area contributed by atoms with Gasteiger partial charge in [0.2, 0.25) is 5.95 Å². The molecular formula is C20H26FN7O. The second kappa shape index (κ2) is 9.44. The quantitative estimate of drug-likeness (QED) is 0.463. The van der Waals surface area contributed by atoms with Crippen molar-refractivity contribution in [1.29, 1.82) is 0 Å². The van der Waals surface area contributed by atoms with Crippen molar-refractivity contribution in [3.8, 4) is 17.1 Å². The maximum absolute atomic E-state index is 14.3. The summed E-state index contributed by atoms with van der Waals surface area (Å²) in [6.07, 6.45) is 5.01. The van der Waals surface area contributed by atoms with Crippen molar-refractivity contribution in [2.45, 2.75) is 18.8 Å². The number of piperidine rings is 1. The summed E-state index contributed by atoms with van der Waals surface area (Å²) in [5.41, 5.74) is 13.4. The molecule has 0 unspecified atom stereocenters. The number of nitrogens with one attached hydrogen (secondary N) is 2. The predicted molar refractivity (Wildman–Crippen MR) is 111 cm³/mol. The van der Waals surface area contributed by atoms with Crippen LogP contribution in [-0.4, -0.2) is 46.7 Å². The lowest BCUT2D eigenvalue weighted by molar-refractivity contribution is 0.453. The lowest BCUT2D eigenvalue weighted by Gasteiger charge is -2.22. The molecule has 0 radical (unpaired) electrons. The molecule has 8 nitrogen and oxygen atoms in total. The zero-order chi connectivity index (χ0) is 20.8. The molecule has 0 aromatic carbocycles. The smallest absolute Gasteiger partial charge is 0.220 e. The summed E-state index contributed by atoms with van der Waals surface area (Å²) in [6, 6.07) is 4.78. The van der Waals surface area contributed by atoms with Crippen LogP contribution in [0.3, 0.4) is 0 Å². The monoisotopic (exact) mass is 399 g/mol. The zero-order valence-corrected chi connectivity index (χ0v) is 16.3. The summed E-state index contributed by atoms with van der Waals surface area (Å²) in [7, 11) is 1.70. The van der Waals surface area contributed by atoms with Gasteiger partial charge in [-0.2, -0.15) is 0 Å². The van der Waals surface area contributed by atoms with Gasteiger partial charge in [0.15, 0.2) is 0 Å². The van der Waals surface area contributed by atoms with Crippen LogP contribution in [0.1, 0.15) is 30.1 Å². The van der Waals surface area contributed by atoms with E-state index < -0.39 is 5.83 Å². The van der Waals surface area contributed by atoms with Crippen molar-refractivity contribution in [2.75, 3.05) is 32.4 Å². The van der Waals surface area contributed by atoms with E-state index in [0.29, 0.717) is 11.4 Å². The van der Waals surface area contributed by atoms with E-state index in [-0.39, 0.29) is 35.4 Å². The number of halogens is 1. The number of hydrogen-bond donors (Lipinski definition) is 5.